The van der Waals surface area contributed by atoms with E-state index in [9.17, 15) is 0 Å². The zero-order valence-corrected chi connectivity index (χ0v) is 12.3. The lowest BCUT2D eigenvalue weighted by molar-refractivity contribution is 0.146. The molecule has 3 aliphatic heterocycles. The number of hydrogen-bond donors (Lipinski definition) is 1. The van der Waals surface area contributed by atoms with Crippen molar-refractivity contribution in [2.24, 2.45) is 0 Å². The van der Waals surface area contributed by atoms with Gasteiger partial charge in [0.05, 0.1) is 0 Å². The highest BCUT2D eigenvalue weighted by Gasteiger charge is 2.31. The maximum absolute atomic E-state index is 6.12. The van der Waals surface area contributed by atoms with E-state index in [1.54, 1.807) is 0 Å². The fourth-order valence-corrected chi connectivity index (χ4v) is 4.02. The predicted molar refractivity (Wildman–Crippen MR) is 80.3 cm³/mol. The highest BCUT2D eigenvalue weighted by molar-refractivity contribution is 5.40. The van der Waals surface area contributed by atoms with Gasteiger partial charge in [0.25, 0.3) is 0 Å². The molecule has 3 aliphatic rings. The SMILES string of the molecule is Cc1ccc2c(c1)CC(CN1CCC3CCC(C1)N3)O2. The number of hydrogen-bond acceptors (Lipinski definition) is 3. The molecule has 1 aromatic carbocycles. The summed E-state index contributed by atoms with van der Waals surface area (Å²) in [6, 6.07) is 8.05. The Bertz CT molecular complexity index is 502. The molecule has 0 spiro atoms. The van der Waals surface area contributed by atoms with Crippen molar-refractivity contribution in [3.63, 3.8) is 0 Å². The summed E-state index contributed by atoms with van der Waals surface area (Å²) in [5, 5.41) is 3.75. The Morgan fingerprint density at radius 1 is 1.25 bits per heavy atom. The maximum atomic E-state index is 6.12. The topological polar surface area (TPSA) is 24.5 Å². The molecule has 4 rings (SSSR count). The number of rotatable bonds is 2. The summed E-state index contributed by atoms with van der Waals surface area (Å²) in [5.74, 6) is 1.11. The van der Waals surface area contributed by atoms with E-state index in [0.717, 1.165) is 24.8 Å². The van der Waals surface area contributed by atoms with Crippen molar-refractivity contribution in [3.8, 4) is 5.75 Å². The second-order valence-corrected chi connectivity index (χ2v) is 6.74. The highest BCUT2D eigenvalue weighted by Crippen LogP contribution is 2.30. The molecule has 3 heteroatoms. The summed E-state index contributed by atoms with van der Waals surface area (Å²) in [7, 11) is 0. The standard InChI is InChI=1S/C17H24N2O/c1-12-2-5-17-13(8-12)9-16(20-17)11-19-7-6-14-3-4-15(10-19)18-14/h2,5,8,14-16,18H,3-4,6-7,9-11H2,1H3. The first kappa shape index (κ1) is 12.7. The summed E-state index contributed by atoms with van der Waals surface area (Å²) in [6.45, 7) is 5.67. The quantitative estimate of drug-likeness (QED) is 0.892. The van der Waals surface area contributed by atoms with E-state index >= 15 is 0 Å². The number of fused-ring (bicyclic) bond motifs is 3. The van der Waals surface area contributed by atoms with E-state index in [4.69, 9.17) is 4.74 Å². The molecular weight excluding hydrogens is 248 g/mol. The molecule has 20 heavy (non-hydrogen) atoms. The monoisotopic (exact) mass is 272 g/mol. The lowest BCUT2D eigenvalue weighted by Crippen LogP contribution is -2.40. The first-order chi connectivity index (χ1) is 9.76. The van der Waals surface area contributed by atoms with Crippen molar-refractivity contribution in [2.75, 3.05) is 19.6 Å². The molecule has 2 bridgehead atoms. The molecule has 3 nitrogen and oxygen atoms in total. The van der Waals surface area contributed by atoms with Crippen molar-refractivity contribution in [2.45, 2.75) is 50.8 Å². The van der Waals surface area contributed by atoms with Gasteiger partial charge in [0.1, 0.15) is 11.9 Å². The number of nitrogens with zero attached hydrogens (tertiary/aromatic N) is 1. The van der Waals surface area contributed by atoms with Crippen molar-refractivity contribution in [1.29, 1.82) is 0 Å². The Kier molecular flexibility index (Phi) is 3.20. The van der Waals surface area contributed by atoms with Crippen LogP contribution in [-0.4, -0.2) is 42.7 Å². The lowest BCUT2D eigenvalue weighted by Gasteiger charge is -2.26. The molecule has 1 aromatic rings. The van der Waals surface area contributed by atoms with Crippen molar-refractivity contribution in [3.05, 3.63) is 29.3 Å². The van der Waals surface area contributed by atoms with Crippen LogP contribution in [0.3, 0.4) is 0 Å². The largest absolute Gasteiger partial charge is 0.488 e. The lowest BCUT2D eigenvalue weighted by atomic mass is 10.1. The van der Waals surface area contributed by atoms with Gasteiger partial charge in [-0.15, -0.1) is 0 Å². The molecule has 0 saturated carbocycles. The molecular formula is C17H24N2O. The second kappa shape index (κ2) is 5.05. The fourth-order valence-electron chi connectivity index (χ4n) is 4.02. The van der Waals surface area contributed by atoms with Gasteiger partial charge in [0, 0.05) is 31.6 Å². The number of benzene rings is 1. The van der Waals surface area contributed by atoms with Gasteiger partial charge in [-0.25, -0.2) is 0 Å². The highest BCUT2D eigenvalue weighted by atomic mass is 16.5. The van der Waals surface area contributed by atoms with Crippen LogP contribution in [0.1, 0.15) is 30.4 Å². The van der Waals surface area contributed by atoms with Crippen molar-refractivity contribution in [1.82, 2.24) is 10.2 Å². The molecule has 3 heterocycles. The van der Waals surface area contributed by atoms with E-state index in [1.807, 2.05) is 0 Å². The van der Waals surface area contributed by atoms with E-state index in [0.29, 0.717) is 12.1 Å². The van der Waals surface area contributed by atoms with Gasteiger partial charge in [-0.1, -0.05) is 17.7 Å². The zero-order valence-electron chi connectivity index (χ0n) is 12.3. The van der Waals surface area contributed by atoms with Crippen LogP contribution < -0.4 is 10.1 Å². The Balaban J connectivity index is 1.39. The molecule has 2 saturated heterocycles. The summed E-state index contributed by atoms with van der Waals surface area (Å²) in [6.07, 6.45) is 5.46. The van der Waals surface area contributed by atoms with E-state index in [1.165, 1.54) is 43.5 Å². The summed E-state index contributed by atoms with van der Waals surface area (Å²) in [5.41, 5.74) is 2.73. The van der Waals surface area contributed by atoms with Gasteiger partial charge in [-0.2, -0.15) is 0 Å². The molecule has 0 aromatic heterocycles. The molecule has 0 radical (unpaired) electrons. The van der Waals surface area contributed by atoms with Gasteiger partial charge < -0.3 is 10.1 Å². The molecule has 2 fully saturated rings. The van der Waals surface area contributed by atoms with Crippen LogP contribution in [-0.2, 0) is 6.42 Å². The second-order valence-electron chi connectivity index (χ2n) is 6.74. The third-order valence-electron chi connectivity index (χ3n) is 5.03. The minimum Gasteiger partial charge on any atom is -0.488 e. The van der Waals surface area contributed by atoms with Gasteiger partial charge in [0.2, 0.25) is 0 Å². The van der Waals surface area contributed by atoms with Crippen molar-refractivity contribution < 1.29 is 4.74 Å². The number of likely N-dealkylation sites (tertiary alicyclic amines) is 1. The van der Waals surface area contributed by atoms with Gasteiger partial charge >= 0.3 is 0 Å². The molecule has 108 valence electrons. The van der Waals surface area contributed by atoms with Crippen LogP contribution in [0.4, 0.5) is 0 Å². The first-order valence-corrected chi connectivity index (χ1v) is 8.01. The average Bonchev–Trinajstić information content (AvgIpc) is 2.95. The van der Waals surface area contributed by atoms with Crippen molar-refractivity contribution >= 4 is 0 Å². The fraction of sp³-hybridized carbons (Fsp3) is 0.647. The third kappa shape index (κ3) is 2.45. The van der Waals surface area contributed by atoms with Crippen LogP contribution in [0.5, 0.6) is 5.75 Å². The van der Waals surface area contributed by atoms with Crippen LogP contribution in [0, 0.1) is 6.92 Å². The minimum atomic E-state index is 0.350. The first-order valence-electron chi connectivity index (χ1n) is 8.01. The van der Waals surface area contributed by atoms with Crippen LogP contribution in [0.2, 0.25) is 0 Å². The smallest absolute Gasteiger partial charge is 0.123 e. The predicted octanol–water partition coefficient (Wildman–Crippen LogP) is 2.12. The Labute approximate surface area is 121 Å². The van der Waals surface area contributed by atoms with E-state index < -0.39 is 0 Å². The van der Waals surface area contributed by atoms with E-state index in [-0.39, 0.29) is 0 Å². The zero-order chi connectivity index (χ0) is 13.5. The maximum Gasteiger partial charge on any atom is 0.123 e. The van der Waals surface area contributed by atoms with Crippen LogP contribution >= 0.6 is 0 Å². The summed E-state index contributed by atoms with van der Waals surface area (Å²) >= 11 is 0. The minimum absolute atomic E-state index is 0.350. The molecule has 1 N–H and O–H groups in total. The Morgan fingerprint density at radius 2 is 2.15 bits per heavy atom. The number of ether oxygens (including phenoxy) is 1. The van der Waals surface area contributed by atoms with Crippen LogP contribution in [0.15, 0.2) is 18.2 Å². The molecule has 3 unspecified atom stereocenters. The number of aryl methyl sites for hydroxylation is 1. The average molecular weight is 272 g/mol. The summed E-state index contributed by atoms with van der Waals surface area (Å²) < 4.78 is 6.12. The van der Waals surface area contributed by atoms with E-state index in [2.05, 4.69) is 35.3 Å². The Morgan fingerprint density at radius 3 is 3.10 bits per heavy atom. The number of nitrogens with one attached hydrogen (secondary N) is 1. The Hall–Kier alpha value is -1.06. The summed E-state index contributed by atoms with van der Waals surface area (Å²) in [4.78, 5) is 2.61. The third-order valence-corrected chi connectivity index (χ3v) is 5.03. The molecule has 0 amide bonds. The molecule has 3 atom stereocenters. The van der Waals surface area contributed by atoms with Gasteiger partial charge in [0.15, 0.2) is 0 Å². The van der Waals surface area contributed by atoms with Crippen LogP contribution in [0.25, 0.3) is 0 Å². The van der Waals surface area contributed by atoms with Gasteiger partial charge in [-0.3, -0.25) is 4.90 Å². The van der Waals surface area contributed by atoms with Gasteiger partial charge in [-0.05, 0) is 44.4 Å². The normalized spacial score (nSPS) is 32.8. The molecule has 0 aliphatic carbocycles.